The first kappa shape index (κ1) is 10.5. The summed E-state index contributed by atoms with van der Waals surface area (Å²) < 4.78 is 4.84. The van der Waals surface area contributed by atoms with E-state index in [-0.39, 0.29) is 6.04 Å². The number of hydrogen-bond acceptors (Lipinski definition) is 5. The Morgan fingerprint density at radius 1 is 1.62 bits per heavy atom. The highest BCUT2D eigenvalue weighted by Crippen LogP contribution is 2.10. The molecule has 0 aromatic carbocycles. The average molecular weight is 201 g/mol. The Morgan fingerprint density at radius 3 is 2.92 bits per heavy atom. The van der Waals surface area contributed by atoms with Crippen molar-refractivity contribution in [2.75, 3.05) is 5.75 Å². The summed E-state index contributed by atoms with van der Waals surface area (Å²) in [5.41, 5.74) is 5.76. The number of rotatable bonds is 5. The second-order valence-electron chi connectivity index (χ2n) is 2.91. The van der Waals surface area contributed by atoms with Crippen molar-refractivity contribution in [1.29, 1.82) is 0 Å². The van der Waals surface area contributed by atoms with Gasteiger partial charge in [0.1, 0.15) is 0 Å². The van der Waals surface area contributed by atoms with E-state index in [9.17, 15) is 0 Å². The van der Waals surface area contributed by atoms with Crippen molar-refractivity contribution < 1.29 is 4.52 Å². The molecule has 1 heterocycles. The van der Waals surface area contributed by atoms with Gasteiger partial charge >= 0.3 is 0 Å². The van der Waals surface area contributed by atoms with E-state index in [0.717, 1.165) is 23.8 Å². The van der Waals surface area contributed by atoms with E-state index in [0.29, 0.717) is 5.89 Å². The number of hydrogen-bond donors (Lipinski definition) is 1. The molecule has 1 atom stereocenters. The third kappa shape index (κ3) is 3.78. The van der Waals surface area contributed by atoms with Crippen molar-refractivity contribution in [3.05, 3.63) is 11.7 Å². The Bertz CT molecular complexity index is 251. The molecule has 5 heteroatoms. The summed E-state index contributed by atoms with van der Waals surface area (Å²) in [6.07, 6.45) is 1.01. The molecule has 1 rings (SSSR count). The molecule has 1 unspecified atom stereocenters. The molecule has 0 spiro atoms. The van der Waals surface area contributed by atoms with Crippen LogP contribution in [0, 0.1) is 6.92 Å². The molecule has 4 nitrogen and oxygen atoms in total. The normalized spacial score (nSPS) is 13.2. The number of thioether (sulfide) groups is 1. The van der Waals surface area contributed by atoms with E-state index in [1.165, 1.54) is 0 Å². The van der Waals surface area contributed by atoms with Crippen LogP contribution in [-0.2, 0) is 5.75 Å². The van der Waals surface area contributed by atoms with Gasteiger partial charge in [0.05, 0.1) is 5.75 Å². The van der Waals surface area contributed by atoms with E-state index >= 15 is 0 Å². The number of nitrogens with two attached hydrogens (primary N) is 1. The van der Waals surface area contributed by atoms with Crippen molar-refractivity contribution in [3.63, 3.8) is 0 Å². The quantitative estimate of drug-likeness (QED) is 0.779. The van der Waals surface area contributed by atoms with Gasteiger partial charge in [0.15, 0.2) is 5.82 Å². The molecule has 0 radical (unpaired) electrons. The minimum absolute atomic E-state index is 0.276. The summed E-state index contributed by atoms with van der Waals surface area (Å²) in [4.78, 5) is 4.09. The van der Waals surface area contributed by atoms with Crippen molar-refractivity contribution in [1.82, 2.24) is 10.1 Å². The van der Waals surface area contributed by atoms with E-state index in [1.807, 2.05) is 0 Å². The topological polar surface area (TPSA) is 64.9 Å². The fourth-order valence-electron chi connectivity index (χ4n) is 0.819. The predicted molar refractivity (Wildman–Crippen MR) is 53.5 cm³/mol. The molecule has 0 saturated carbocycles. The molecule has 0 saturated heterocycles. The lowest BCUT2D eigenvalue weighted by Gasteiger charge is -2.05. The Morgan fingerprint density at radius 2 is 2.38 bits per heavy atom. The molecule has 2 N–H and O–H groups in total. The molecular weight excluding hydrogens is 186 g/mol. The molecule has 0 bridgehead atoms. The molecule has 0 aliphatic heterocycles. The monoisotopic (exact) mass is 201 g/mol. The van der Waals surface area contributed by atoms with E-state index < -0.39 is 0 Å². The molecule has 0 aliphatic rings. The van der Waals surface area contributed by atoms with Crippen LogP contribution in [0.15, 0.2) is 4.52 Å². The lowest BCUT2D eigenvalue weighted by atomic mass is 10.3. The highest BCUT2D eigenvalue weighted by atomic mass is 32.2. The van der Waals surface area contributed by atoms with Gasteiger partial charge in [0, 0.05) is 18.7 Å². The van der Waals surface area contributed by atoms with E-state index in [4.69, 9.17) is 10.3 Å². The summed E-state index contributed by atoms with van der Waals surface area (Å²) in [5.74, 6) is 3.11. The first-order valence-electron chi connectivity index (χ1n) is 4.35. The lowest BCUT2D eigenvalue weighted by molar-refractivity contribution is 0.389. The minimum atomic E-state index is 0.276. The van der Waals surface area contributed by atoms with Gasteiger partial charge in [-0.1, -0.05) is 12.1 Å². The number of nitrogens with zero attached hydrogens (tertiary/aromatic N) is 2. The first-order valence-corrected chi connectivity index (χ1v) is 5.50. The average Bonchev–Trinajstić information content (AvgIpc) is 2.51. The van der Waals surface area contributed by atoms with Crippen LogP contribution in [-0.4, -0.2) is 21.9 Å². The highest BCUT2D eigenvalue weighted by molar-refractivity contribution is 7.98. The largest absolute Gasteiger partial charge is 0.340 e. The zero-order chi connectivity index (χ0) is 9.68. The van der Waals surface area contributed by atoms with Crippen molar-refractivity contribution in [2.24, 2.45) is 5.73 Å². The molecule has 1 aromatic rings. The molecule has 0 amide bonds. The molecule has 74 valence electrons. The molecule has 13 heavy (non-hydrogen) atoms. The van der Waals surface area contributed by atoms with Gasteiger partial charge in [-0.3, -0.25) is 0 Å². The third-order valence-electron chi connectivity index (χ3n) is 1.66. The smallest absolute Gasteiger partial charge is 0.223 e. The first-order chi connectivity index (χ1) is 6.22. The Balaban J connectivity index is 2.20. The van der Waals surface area contributed by atoms with Gasteiger partial charge in [-0.2, -0.15) is 16.7 Å². The molecule has 1 aromatic heterocycles. The predicted octanol–water partition coefficient (Wildman–Crippen LogP) is 1.35. The summed E-state index contributed by atoms with van der Waals surface area (Å²) in [6, 6.07) is 0.276. The lowest BCUT2D eigenvalue weighted by Crippen LogP contribution is -2.21. The molecule has 0 aliphatic carbocycles. The van der Waals surface area contributed by atoms with Crippen LogP contribution in [0.3, 0.4) is 0 Å². The van der Waals surface area contributed by atoms with E-state index in [1.54, 1.807) is 18.7 Å². The minimum Gasteiger partial charge on any atom is -0.340 e. The standard InChI is InChI=1S/C8H15N3OS/c1-3-7(9)4-13-5-8-10-6(2)12-11-8/h7H,3-5,9H2,1-2H3. The van der Waals surface area contributed by atoms with Gasteiger partial charge < -0.3 is 10.3 Å². The van der Waals surface area contributed by atoms with E-state index in [2.05, 4.69) is 17.1 Å². The molecular formula is C8H15N3OS. The van der Waals surface area contributed by atoms with Crippen molar-refractivity contribution in [3.8, 4) is 0 Å². The fraction of sp³-hybridized carbons (Fsp3) is 0.750. The fourth-order valence-corrected chi connectivity index (χ4v) is 1.78. The summed E-state index contributed by atoms with van der Waals surface area (Å²) in [5, 5.41) is 3.79. The third-order valence-corrected chi connectivity index (χ3v) is 2.78. The second-order valence-corrected chi connectivity index (χ2v) is 3.94. The van der Waals surface area contributed by atoms with Crippen molar-refractivity contribution in [2.45, 2.75) is 32.1 Å². The van der Waals surface area contributed by atoms with Crippen molar-refractivity contribution >= 4 is 11.8 Å². The Kier molecular flexibility index (Phi) is 4.24. The number of aryl methyl sites for hydroxylation is 1. The van der Waals surface area contributed by atoms with Crippen LogP contribution in [0.1, 0.15) is 25.1 Å². The van der Waals surface area contributed by atoms with Gasteiger partial charge in [-0.25, -0.2) is 0 Å². The van der Waals surface area contributed by atoms with Crippen LogP contribution in [0.2, 0.25) is 0 Å². The maximum Gasteiger partial charge on any atom is 0.223 e. The summed E-state index contributed by atoms with van der Waals surface area (Å²) in [6.45, 7) is 3.88. The Labute approximate surface area is 82.3 Å². The number of aromatic nitrogens is 2. The van der Waals surface area contributed by atoms with Crippen LogP contribution < -0.4 is 5.73 Å². The SMILES string of the molecule is CCC(N)CSCc1noc(C)n1. The summed E-state index contributed by atoms with van der Waals surface area (Å²) in [7, 11) is 0. The van der Waals surface area contributed by atoms with Crippen LogP contribution >= 0.6 is 11.8 Å². The maximum atomic E-state index is 5.76. The van der Waals surface area contributed by atoms with Gasteiger partial charge in [0.25, 0.3) is 0 Å². The van der Waals surface area contributed by atoms with Gasteiger partial charge in [-0.05, 0) is 6.42 Å². The zero-order valence-corrected chi connectivity index (χ0v) is 8.80. The Hall–Kier alpha value is -0.550. The van der Waals surface area contributed by atoms with Crippen LogP contribution in [0.25, 0.3) is 0 Å². The highest BCUT2D eigenvalue weighted by Gasteiger charge is 2.03. The van der Waals surface area contributed by atoms with Crippen LogP contribution in [0.4, 0.5) is 0 Å². The summed E-state index contributed by atoms with van der Waals surface area (Å²) >= 11 is 1.74. The van der Waals surface area contributed by atoms with Gasteiger partial charge in [-0.15, -0.1) is 0 Å². The second kappa shape index (κ2) is 5.24. The zero-order valence-electron chi connectivity index (χ0n) is 7.99. The molecule has 0 fully saturated rings. The van der Waals surface area contributed by atoms with Crippen LogP contribution in [0.5, 0.6) is 0 Å². The maximum absolute atomic E-state index is 5.76. The van der Waals surface area contributed by atoms with Gasteiger partial charge in [0.2, 0.25) is 5.89 Å².